The molecule has 18 heavy (non-hydrogen) atoms. The zero-order valence-electron chi connectivity index (χ0n) is 10.0. The van der Waals surface area contributed by atoms with E-state index in [0.29, 0.717) is 18.2 Å². The zero-order chi connectivity index (χ0) is 13.3. The Morgan fingerprint density at radius 1 is 1.61 bits per heavy atom. The highest BCUT2D eigenvalue weighted by molar-refractivity contribution is 9.10. The molecule has 5 nitrogen and oxygen atoms in total. The molecule has 0 spiro atoms. The van der Waals surface area contributed by atoms with Crippen LogP contribution in [0.25, 0.3) is 0 Å². The topological polar surface area (TPSA) is 71.3 Å². The van der Waals surface area contributed by atoms with Gasteiger partial charge in [-0.1, -0.05) is 6.92 Å². The van der Waals surface area contributed by atoms with Crippen LogP contribution in [0.15, 0.2) is 16.7 Å². The molecule has 98 valence electrons. The normalized spacial score (nSPS) is 16.3. The van der Waals surface area contributed by atoms with Crippen LogP contribution in [-0.2, 0) is 4.79 Å². The molecule has 1 aromatic heterocycles. The molecule has 6 heteroatoms. The molecule has 1 fully saturated rings. The van der Waals surface area contributed by atoms with Gasteiger partial charge in [-0.3, -0.25) is 4.79 Å². The Balaban J connectivity index is 2.15. The number of carbonyl (C=O) groups excluding carboxylic acids is 1. The fraction of sp³-hybridized carbons (Fsp3) is 0.500. The first-order valence-corrected chi connectivity index (χ1v) is 6.73. The first-order valence-electron chi connectivity index (χ1n) is 5.94. The van der Waals surface area contributed by atoms with Crippen molar-refractivity contribution in [3.63, 3.8) is 0 Å². The van der Waals surface area contributed by atoms with Crippen LogP contribution >= 0.6 is 15.9 Å². The third kappa shape index (κ3) is 2.75. The molecule has 2 N–H and O–H groups in total. The predicted molar refractivity (Wildman–Crippen MR) is 69.6 cm³/mol. The van der Waals surface area contributed by atoms with Crippen molar-refractivity contribution in [1.82, 2.24) is 9.88 Å². The molecule has 0 saturated heterocycles. The second-order valence-electron chi connectivity index (χ2n) is 4.45. The van der Waals surface area contributed by atoms with Gasteiger partial charge in [0.25, 0.3) is 5.91 Å². The molecule has 1 atom stereocenters. The number of hydrogen-bond donors (Lipinski definition) is 2. The van der Waals surface area contributed by atoms with Crippen LogP contribution in [0.1, 0.15) is 42.7 Å². The van der Waals surface area contributed by atoms with Crippen LogP contribution < -0.4 is 5.32 Å². The van der Waals surface area contributed by atoms with Gasteiger partial charge in [-0.2, -0.15) is 0 Å². The summed E-state index contributed by atoms with van der Waals surface area (Å²) in [6.45, 7) is 1.73. The second-order valence-corrected chi connectivity index (χ2v) is 5.37. The first-order chi connectivity index (χ1) is 8.52. The van der Waals surface area contributed by atoms with Crippen LogP contribution in [-0.4, -0.2) is 27.6 Å². The zero-order valence-corrected chi connectivity index (χ0v) is 11.6. The van der Waals surface area contributed by atoms with Gasteiger partial charge < -0.3 is 15.0 Å². The average Bonchev–Trinajstić information content (AvgIpc) is 3.08. The molecule has 2 rings (SSSR count). The van der Waals surface area contributed by atoms with E-state index in [0.717, 1.165) is 17.3 Å². The third-order valence-corrected chi connectivity index (χ3v) is 3.43. The number of aromatic nitrogens is 1. The fourth-order valence-electron chi connectivity index (χ4n) is 1.85. The first kappa shape index (κ1) is 13.1. The van der Waals surface area contributed by atoms with Gasteiger partial charge in [0.05, 0.1) is 0 Å². The lowest BCUT2D eigenvalue weighted by Crippen LogP contribution is -2.40. The highest BCUT2D eigenvalue weighted by atomic mass is 79.9. The summed E-state index contributed by atoms with van der Waals surface area (Å²) in [5, 5.41) is 11.5. The molecule has 0 radical (unpaired) electrons. The largest absolute Gasteiger partial charge is 0.480 e. The smallest absolute Gasteiger partial charge is 0.326 e. The standard InChI is InChI=1S/C12H15BrN2O3/c1-2-9(12(17)18)14-11(16)10-5-7(13)6-15(10)8-3-4-8/h5-6,8-9H,2-4H2,1H3,(H,14,16)(H,17,18)/t9-/m1/s1. The maximum atomic E-state index is 12.1. The highest BCUT2D eigenvalue weighted by Gasteiger charge is 2.29. The van der Waals surface area contributed by atoms with Crippen molar-refractivity contribution in [3.8, 4) is 0 Å². The van der Waals surface area contributed by atoms with Crippen LogP contribution in [0.5, 0.6) is 0 Å². The third-order valence-electron chi connectivity index (χ3n) is 3.00. The Morgan fingerprint density at radius 2 is 2.28 bits per heavy atom. The number of halogens is 1. The number of nitrogens with zero attached hydrogens (tertiary/aromatic N) is 1. The van der Waals surface area contributed by atoms with Crippen LogP contribution in [0.4, 0.5) is 0 Å². The summed E-state index contributed by atoms with van der Waals surface area (Å²) in [7, 11) is 0. The van der Waals surface area contributed by atoms with E-state index in [1.807, 2.05) is 10.8 Å². The van der Waals surface area contributed by atoms with Crippen molar-refractivity contribution in [2.75, 3.05) is 0 Å². The molecule has 0 aliphatic heterocycles. The Bertz CT molecular complexity index is 480. The monoisotopic (exact) mass is 314 g/mol. The Labute approximate surface area is 113 Å². The maximum absolute atomic E-state index is 12.1. The van der Waals surface area contributed by atoms with Gasteiger partial charge in [0.15, 0.2) is 0 Å². The molecule has 0 bridgehead atoms. The lowest BCUT2D eigenvalue weighted by molar-refractivity contribution is -0.139. The van der Waals surface area contributed by atoms with Gasteiger partial charge in [-0.05, 0) is 41.3 Å². The second kappa shape index (κ2) is 5.14. The van der Waals surface area contributed by atoms with Gasteiger partial charge in [0, 0.05) is 16.7 Å². The number of aliphatic carboxylic acids is 1. The molecule has 0 aromatic carbocycles. The van der Waals surface area contributed by atoms with E-state index in [-0.39, 0.29) is 5.91 Å². The number of carboxylic acid groups (broad SMARTS) is 1. The van der Waals surface area contributed by atoms with Crippen LogP contribution in [0.2, 0.25) is 0 Å². The van der Waals surface area contributed by atoms with E-state index >= 15 is 0 Å². The van der Waals surface area contributed by atoms with E-state index in [9.17, 15) is 9.59 Å². The molecule has 1 heterocycles. The summed E-state index contributed by atoms with van der Waals surface area (Å²) in [6.07, 6.45) is 4.37. The van der Waals surface area contributed by atoms with Crippen molar-refractivity contribution >= 4 is 27.8 Å². The molecule has 1 aliphatic rings. The lowest BCUT2D eigenvalue weighted by Gasteiger charge is -2.13. The van der Waals surface area contributed by atoms with Crippen molar-refractivity contribution in [1.29, 1.82) is 0 Å². The van der Waals surface area contributed by atoms with Gasteiger partial charge >= 0.3 is 5.97 Å². The molecule has 0 unspecified atom stereocenters. The minimum absolute atomic E-state index is 0.332. The Morgan fingerprint density at radius 3 is 2.78 bits per heavy atom. The molecule has 1 aromatic rings. The van der Waals surface area contributed by atoms with E-state index < -0.39 is 12.0 Å². The van der Waals surface area contributed by atoms with Crippen LogP contribution in [0, 0.1) is 0 Å². The summed E-state index contributed by atoms with van der Waals surface area (Å²) in [4.78, 5) is 23.0. The molecular formula is C12H15BrN2O3. The summed E-state index contributed by atoms with van der Waals surface area (Å²) >= 11 is 3.34. The van der Waals surface area contributed by atoms with E-state index in [1.165, 1.54) is 0 Å². The van der Waals surface area contributed by atoms with Crippen molar-refractivity contribution in [2.24, 2.45) is 0 Å². The quantitative estimate of drug-likeness (QED) is 0.875. The Kier molecular flexibility index (Phi) is 3.75. The van der Waals surface area contributed by atoms with Crippen molar-refractivity contribution in [2.45, 2.75) is 38.3 Å². The molecule has 1 amide bonds. The van der Waals surface area contributed by atoms with Crippen LogP contribution in [0.3, 0.4) is 0 Å². The van der Waals surface area contributed by atoms with Gasteiger partial charge in [0.1, 0.15) is 11.7 Å². The van der Waals surface area contributed by atoms with E-state index in [4.69, 9.17) is 5.11 Å². The van der Waals surface area contributed by atoms with Crippen molar-refractivity contribution < 1.29 is 14.7 Å². The number of rotatable bonds is 5. The Hall–Kier alpha value is -1.30. The minimum atomic E-state index is -1.01. The summed E-state index contributed by atoms with van der Waals surface area (Å²) in [6, 6.07) is 1.27. The molecule has 1 saturated carbocycles. The van der Waals surface area contributed by atoms with Gasteiger partial charge in [0.2, 0.25) is 0 Å². The maximum Gasteiger partial charge on any atom is 0.326 e. The van der Waals surface area contributed by atoms with Gasteiger partial charge in [-0.25, -0.2) is 4.79 Å². The number of carboxylic acids is 1. The summed E-state index contributed by atoms with van der Waals surface area (Å²) in [5.41, 5.74) is 0.518. The molecule has 1 aliphatic carbocycles. The summed E-state index contributed by atoms with van der Waals surface area (Å²) < 4.78 is 2.75. The fourth-order valence-corrected chi connectivity index (χ4v) is 2.29. The number of amides is 1. The highest BCUT2D eigenvalue weighted by Crippen LogP contribution is 2.37. The van der Waals surface area contributed by atoms with Crippen molar-refractivity contribution in [3.05, 3.63) is 22.4 Å². The lowest BCUT2D eigenvalue weighted by atomic mass is 10.2. The summed E-state index contributed by atoms with van der Waals surface area (Å²) in [5.74, 6) is -1.34. The number of carbonyl (C=O) groups is 2. The van der Waals surface area contributed by atoms with E-state index in [2.05, 4.69) is 21.2 Å². The van der Waals surface area contributed by atoms with Gasteiger partial charge in [-0.15, -0.1) is 0 Å². The SMILES string of the molecule is CC[C@@H](NC(=O)c1cc(Br)cn1C1CC1)C(=O)O. The van der Waals surface area contributed by atoms with E-state index in [1.54, 1.807) is 13.0 Å². The average molecular weight is 315 g/mol. The number of nitrogens with one attached hydrogen (secondary N) is 1. The predicted octanol–water partition coefficient (Wildman–Crippen LogP) is 2.18. The minimum Gasteiger partial charge on any atom is -0.480 e. The molecular weight excluding hydrogens is 300 g/mol. The number of hydrogen-bond acceptors (Lipinski definition) is 2.